The van der Waals surface area contributed by atoms with Gasteiger partial charge in [0.2, 0.25) is 5.91 Å². The molecule has 2 atom stereocenters. The standard InChI is InChI=1S/C18H20N2O4S/c1-3-6-12-10-25-17-14(19)16(21)20(17)15(12)18(22)24-9-11-7-4-5-8-13(11)23-2/h3-8,14,17H,9-10,19H2,1-2H3/b6-3-/t14?,17-/m1/s1. The fraction of sp³-hybridized carbons (Fsp3) is 0.333. The van der Waals surface area contributed by atoms with Crippen molar-refractivity contribution in [3.05, 3.63) is 53.3 Å². The molecule has 0 saturated carbocycles. The number of hydrogen-bond donors (Lipinski definition) is 1. The van der Waals surface area contributed by atoms with Crippen LogP contribution in [0.4, 0.5) is 0 Å². The summed E-state index contributed by atoms with van der Waals surface area (Å²) in [5.74, 6) is 0.496. The fourth-order valence-corrected chi connectivity index (χ4v) is 4.16. The molecule has 1 fully saturated rings. The lowest BCUT2D eigenvalue weighted by Crippen LogP contribution is -2.68. The van der Waals surface area contributed by atoms with Crippen molar-refractivity contribution in [2.75, 3.05) is 12.9 Å². The molecule has 25 heavy (non-hydrogen) atoms. The van der Waals surface area contributed by atoms with Gasteiger partial charge in [0.15, 0.2) is 0 Å². The summed E-state index contributed by atoms with van der Waals surface area (Å²) in [5, 5.41) is -0.199. The van der Waals surface area contributed by atoms with Crippen molar-refractivity contribution in [1.82, 2.24) is 4.90 Å². The number of para-hydroxylation sites is 1. The van der Waals surface area contributed by atoms with Crippen molar-refractivity contribution in [2.45, 2.75) is 24.9 Å². The molecule has 1 unspecified atom stereocenters. The summed E-state index contributed by atoms with van der Waals surface area (Å²) in [4.78, 5) is 26.3. The van der Waals surface area contributed by atoms with Crippen molar-refractivity contribution < 1.29 is 19.1 Å². The summed E-state index contributed by atoms with van der Waals surface area (Å²) in [6, 6.07) is 6.77. The zero-order valence-electron chi connectivity index (χ0n) is 14.1. The number of benzene rings is 1. The number of allylic oxidation sites excluding steroid dienone is 2. The van der Waals surface area contributed by atoms with Gasteiger partial charge in [-0.15, -0.1) is 11.8 Å². The molecule has 132 valence electrons. The van der Waals surface area contributed by atoms with Gasteiger partial charge in [0.05, 0.1) is 7.11 Å². The molecule has 1 amide bonds. The van der Waals surface area contributed by atoms with Crippen LogP contribution >= 0.6 is 11.8 Å². The number of amides is 1. The van der Waals surface area contributed by atoms with Crippen molar-refractivity contribution in [3.63, 3.8) is 0 Å². The van der Waals surface area contributed by atoms with E-state index < -0.39 is 12.0 Å². The summed E-state index contributed by atoms with van der Waals surface area (Å²) in [5.41, 5.74) is 7.67. The van der Waals surface area contributed by atoms with Gasteiger partial charge in [0.25, 0.3) is 0 Å². The zero-order valence-corrected chi connectivity index (χ0v) is 14.9. The van der Waals surface area contributed by atoms with E-state index in [-0.39, 0.29) is 17.9 Å². The normalized spacial score (nSPS) is 22.7. The Morgan fingerprint density at radius 3 is 2.92 bits per heavy atom. The number of nitrogens with two attached hydrogens (primary N) is 1. The van der Waals surface area contributed by atoms with E-state index in [9.17, 15) is 9.59 Å². The molecule has 1 aromatic rings. The summed E-state index contributed by atoms with van der Waals surface area (Å²) < 4.78 is 10.7. The molecule has 0 aliphatic carbocycles. The van der Waals surface area contributed by atoms with Gasteiger partial charge < -0.3 is 15.2 Å². The largest absolute Gasteiger partial charge is 0.496 e. The number of nitrogens with zero attached hydrogens (tertiary/aromatic N) is 1. The number of rotatable bonds is 5. The Labute approximate surface area is 150 Å². The Hall–Kier alpha value is -2.25. The van der Waals surface area contributed by atoms with Crippen molar-refractivity contribution in [1.29, 1.82) is 0 Å². The number of esters is 1. The first-order valence-electron chi connectivity index (χ1n) is 7.93. The molecule has 0 radical (unpaired) electrons. The molecule has 0 bridgehead atoms. The lowest BCUT2D eigenvalue weighted by molar-refractivity contribution is -0.151. The first-order chi connectivity index (χ1) is 12.1. The first-order valence-corrected chi connectivity index (χ1v) is 8.98. The summed E-state index contributed by atoms with van der Waals surface area (Å²) in [7, 11) is 1.57. The third-order valence-corrected chi connectivity index (χ3v) is 5.47. The van der Waals surface area contributed by atoms with Gasteiger partial charge in [-0.25, -0.2) is 4.79 Å². The van der Waals surface area contributed by atoms with Gasteiger partial charge in [0, 0.05) is 11.3 Å². The molecule has 2 aliphatic heterocycles. The highest BCUT2D eigenvalue weighted by Crippen LogP contribution is 2.40. The number of fused-ring (bicyclic) bond motifs is 1. The third-order valence-electron chi connectivity index (χ3n) is 4.15. The highest BCUT2D eigenvalue weighted by molar-refractivity contribution is 8.00. The Kier molecular flexibility index (Phi) is 5.15. The van der Waals surface area contributed by atoms with Crippen molar-refractivity contribution in [3.8, 4) is 5.75 Å². The second-order valence-electron chi connectivity index (χ2n) is 5.70. The topological polar surface area (TPSA) is 81.9 Å². The number of thioether (sulfide) groups is 1. The Morgan fingerprint density at radius 1 is 1.44 bits per heavy atom. The fourth-order valence-electron chi connectivity index (χ4n) is 2.89. The average molecular weight is 360 g/mol. The number of carbonyl (C=O) groups excluding carboxylic acids is 2. The Balaban J connectivity index is 1.81. The molecule has 6 nitrogen and oxygen atoms in total. The maximum absolute atomic E-state index is 12.7. The highest BCUT2D eigenvalue weighted by Gasteiger charge is 2.51. The summed E-state index contributed by atoms with van der Waals surface area (Å²) in [6.07, 6.45) is 3.67. The third kappa shape index (κ3) is 3.17. The van der Waals surface area contributed by atoms with E-state index in [1.165, 1.54) is 4.90 Å². The molecule has 7 heteroatoms. The lowest BCUT2D eigenvalue weighted by atomic mass is 10.0. The van der Waals surface area contributed by atoms with Crippen LogP contribution in [0.25, 0.3) is 0 Å². The number of carbonyl (C=O) groups is 2. The van der Waals surface area contributed by atoms with E-state index >= 15 is 0 Å². The monoisotopic (exact) mass is 360 g/mol. The van der Waals surface area contributed by atoms with E-state index in [2.05, 4.69) is 0 Å². The van der Waals surface area contributed by atoms with Gasteiger partial charge in [0.1, 0.15) is 29.5 Å². The molecule has 2 N–H and O–H groups in total. The first kappa shape index (κ1) is 17.6. The van der Waals surface area contributed by atoms with E-state index in [0.29, 0.717) is 17.2 Å². The maximum Gasteiger partial charge on any atom is 0.355 e. The summed E-state index contributed by atoms with van der Waals surface area (Å²) in [6.45, 7) is 1.94. The molecule has 1 aromatic carbocycles. The highest BCUT2D eigenvalue weighted by atomic mass is 32.2. The smallest absolute Gasteiger partial charge is 0.355 e. The van der Waals surface area contributed by atoms with E-state index in [1.54, 1.807) is 24.9 Å². The lowest BCUT2D eigenvalue weighted by Gasteiger charge is -2.48. The van der Waals surface area contributed by atoms with Crippen LogP contribution in [0.1, 0.15) is 12.5 Å². The Bertz CT molecular complexity index is 759. The number of β-lactam (4-membered cyclic amide) rings is 1. The van der Waals surface area contributed by atoms with Gasteiger partial charge in [-0.1, -0.05) is 30.4 Å². The minimum absolute atomic E-state index is 0.0708. The van der Waals surface area contributed by atoms with Gasteiger partial charge in [-0.05, 0) is 18.6 Å². The Morgan fingerprint density at radius 2 is 2.20 bits per heavy atom. The molecule has 0 aromatic heterocycles. The van der Waals surface area contributed by atoms with Crippen LogP contribution in [-0.4, -0.2) is 41.1 Å². The molecular weight excluding hydrogens is 340 g/mol. The molecule has 1 saturated heterocycles. The van der Waals surface area contributed by atoms with Crippen LogP contribution in [0.3, 0.4) is 0 Å². The maximum atomic E-state index is 12.7. The van der Waals surface area contributed by atoms with Crippen molar-refractivity contribution >= 4 is 23.6 Å². The second-order valence-corrected chi connectivity index (χ2v) is 6.80. The van der Waals surface area contributed by atoms with E-state index in [0.717, 1.165) is 11.1 Å². The van der Waals surface area contributed by atoms with Crippen LogP contribution in [0.15, 0.2) is 47.7 Å². The molecule has 2 aliphatic rings. The minimum Gasteiger partial charge on any atom is -0.496 e. The van der Waals surface area contributed by atoms with Crippen LogP contribution in [0.2, 0.25) is 0 Å². The number of ether oxygens (including phenoxy) is 2. The average Bonchev–Trinajstić information content (AvgIpc) is 2.65. The van der Waals surface area contributed by atoms with Gasteiger partial charge in [-0.2, -0.15) is 0 Å². The number of hydrogen-bond acceptors (Lipinski definition) is 6. The van der Waals surface area contributed by atoms with E-state index in [4.69, 9.17) is 15.2 Å². The van der Waals surface area contributed by atoms with E-state index in [1.807, 2.05) is 37.3 Å². The molecule has 2 heterocycles. The zero-order chi connectivity index (χ0) is 18.0. The predicted molar refractivity (Wildman–Crippen MR) is 95.7 cm³/mol. The van der Waals surface area contributed by atoms with Gasteiger partial charge >= 0.3 is 5.97 Å². The quantitative estimate of drug-likeness (QED) is 0.637. The number of methoxy groups -OCH3 is 1. The molecular formula is C18H20N2O4S. The van der Waals surface area contributed by atoms with Crippen LogP contribution in [0, 0.1) is 0 Å². The van der Waals surface area contributed by atoms with Crippen molar-refractivity contribution in [2.24, 2.45) is 5.73 Å². The minimum atomic E-state index is -0.561. The molecule has 0 spiro atoms. The predicted octanol–water partition coefficient (Wildman–Crippen LogP) is 1.81. The van der Waals surface area contributed by atoms with Crippen LogP contribution in [-0.2, 0) is 20.9 Å². The summed E-state index contributed by atoms with van der Waals surface area (Å²) >= 11 is 1.56. The van der Waals surface area contributed by atoms with Crippen LogP contribution in [0.5, 0.6) is 5.75 Å². The molecule has 3 rings (SSSR count). The van der Waals surface area contributed by atoms with Crippen LogP contribution < -0.4 is 10.5 Å². The second kappa shape index (κ2) is 7.33. The SMILES string of the molecule is C/C=C\C1=C(C(=O)OCc2ccccc2OC)N2C(=O)C(N)[C@H]2SC1. The van der Waals surface area contributed by atoms with Gasteiger partial charge in [-0.3, -0.25) is 9.69 Å².